The Morgan fingerprint density at radius 3 is 2.07 bits per heavy atom. The maximum Gasteiger partial charge on any atom is 0.261 e. The summed E-state index contributed by atoms with van der Waals surface area (Å²) in [4.78, 5) is 5.46. The van der Waals surface area contributed by atoms with E-state index in [1.807, 2.05) is 19.1 Å². The average molecular weight is 410 g/mol. The van der Waals surface area contributed by atoms with Gasteiger partial charge in [-0.2, -0.15) is 0 Å². The maximum absolute atomic E-state index is 10.8. The molecule has 4 nitrogen and oxygen atoms in total. The van der Waals surface area contributed by atoms with Crippen molar-refractivity contribution in [2.45, 2.75) is 51.4 Å². The van der Waals surface area contributed by atoms with E-state index in [2.05, 4.69) is 81.0 Å². The molecule has 3 rings (SSSR count). The number of rotatable bonds is 7. The fourth-order valence-electron chi connectivity index (χ4n) is 3.93. The summed E-state index contributed by atoms with van der Waals surface area (Å²) in [7, 11) is -2.67. The van der Waals surface area contributed by atoms with Gasteiger partial charge in [0, 0.05) is 6.42 Å². The number of hydrogen-bond donors (Lipinski definition) is 1. The first-order valence-electron chi connectivity index (χ1n) is 10.1. The molecule has 0 radical (unpaired) electrons. The molecule has 0 unspecified atom stereocenters. The van der Waals surface area contributed by atoms with Gasteiger partial charge in [-0.05, 0) is 27.9 Å². The van der Waals surface area contributed by atoms with Gasteiger partial charge in [0.2, 0.25) is 0 Å². The molecule has 1 aliphatic rings. The number of aliphatic hydroxyl groups excluding tert-OH is 1. The first-order chi connectivity index (χ1) is 13.8. The lowest BCUT2D eigenvalue weighted by molar-refractivity contribution is -0.0376. The van der Waals surface area contributed by atoms with Gasteiger partial charge in [-0.3, -0.25) is 0 Å². The van der Waals surface area contributed by atoms with Crippen LogP contribution < -0.4 is 10.4 Å². The summed E-state index contributed by atoms with van der Waals surface area (Å²) in [6.07, 6.45) is -0.613. The zero-order valence-electron chi connectivity index (χ0n) is 17.8. The van der Waals surface area contributed by atoms with E-state index < -0.39 is 20.5 Å². The predicted octanol–water partition coefficient (Wildman–Crippen LogP) is 3.64. The van der Waals surface area contributed by atoms with E-state index in [1.54, 1.807) is 0 Å². The van der Waals surface area contributed by atoms with E-state index in [0.717, 1.165) is 11.3 Å². The molecule has 2 aromatic carbocycles. The second-order valence-corrected chi connectivity index (χ2v) is 13.0. The summed E-state index contributed by atoms with van der Waals surface area (Å²) in [5.41, 5.74) is 1.67. The van der Waals surface area contributed by atoms with E-state index >= 15 is 0 Å². The molecule has 2 aromatic rings. The highest BCUT2D eigenvalue weighted by molar-refractivity contribution is 6.99. The molecule has 0 aliphatic carbocycles. The number of allylic oxidation sites excluding steroid dienone is 1. The van der Waals surface area contributed by atoms with Crippen molar-refractivity contribution in [3.8, 4) is 0 Å². The first-order valence-corrected chi connectivity index (χ1v) is 12.0. The topological polar surface area (TPSA) is 51.0 Å². The molecule has 1 aliphatic heterocycles. The molecule has 5 heteroatoms. The van der Waals surface area contributed by atoms with Crippen LogP contribution in [0, 0.1) is 0 Å². The van der Waals surface area contributed by atoms with Gasteiger partial charge < -0.3 is 14.4 Å². The van der Waals surface area contributed by atoms with Crippen molar-refractivity contribution in [3.63, 3.8) is 0 Å². The summed E-state index contributed by atoms with van der Waals surface area (Å²) in [6.45, 7) is 12.7. The van der Waals surface area contributed by atoms with Crippen LogP contribution in [0.5, 0.6) is 0 Å². The van der Waals surface area contributed by atoms with Crippen molar-refractivity contribution in [1.29, 1.82) is 0 Å². The van der Waals surface area contributed by atoms with Crippen LogP contribution in [0.4, 0.5) is 0 Å². The quantitative estimate of drug-likeness (QED) is 0.710. The van der Waals surface area contributed by atoms with Gasteiger partial charge in [-0.1, -0.05) is 93.2 Å². The van der Waals surface area contributed by atoms with Gasteiger partial charge in [0.25, 0.3) is 8.32 Å². The van der Waals surface area contributed by atoms with Crippen molar-refractivity contribution in [1.82, 2.24) is 0 Å². The monoisotopic (exact) mass is 409 g/mol. The second kappa shape index (κ2) is 8.65. The smallest absolute Gasteiger partial charge is 0.261 e. The highest BCUT2D eigenvalue weighted by Crippen LogP contribution is 2.37. The molecule has 1 heterocycles. The zero-order chi connectivity index (χ0) is 21.1. The number of nitrogens with zero attached hydrogens (tertiary/aromatic N) is 1. The van der Waals surface area contributed by atoms with Crippen LogP contribution in [0.3, 0.4) is 0 Å². The maximum atomic E-state index is 10.8. The van der Waals surface area contributed by atoms with Crippen LogP contribution in [-0.2, 0) is 9.26 Å². The van der Waals surface area contributed by atoms with Gasteiger partial charge in [0.1, 0.15) is 6.10 Å². The van der Waals surface area contributed by atoms with Crippen LogP contribution in [-0.4, -0.2) is 38.0 Å². The van der Waals surface area contributed by atoms with Crippen molar-refractivity contribution in [3.05, 3.63) is 72.8 Å². The van der Waals surface area contributed by atoms with E-state index in [-0.39, 0.29) is 11.6 Å². The summed E-state index contributed by atoms with van der Waals surface area (Å²) >= 11 is 0. The number of oxime groups is 1. The predicted molar refractivity (Wildman–Crippen MR) is 121 cm³/mol. The minimum Gasteiger partial charge on any atom is -0.405 e. The van der Waals surface area contributed by atoms with Gasteiger partial charge >= 0.3 is 0 Å². The van der Waals surface area contributed by atoms with Crippen molar-refractivity contribution in [2.24, 2.45) is 5.16 Å². The molecule has 0 amide bonds. The Kier molecular flexibility index (Phi) is 6.41. The van der Waals surface area contributed by atoms with Crippen LogP contribution in [0.25, 0.3) is 0 Å². The Bertz CT molecular complexity index is 819. The highest BCUT2D eigenvalue weighted by Gasteiger charge is 2.50. The molecule has 1 N–H and O–H groups in total. The molecule has 154 valence electrons. The second-order valence-electron chi connectivity index (χ2n) is 8.71. The van der Waals surface area contributed by atoms with Crippen molar-refractivity contribution in [2.75, 3.05) is 6.61 Å². The lowest BCUT2D eigenvalue weighted by Crippen LogP contribution is -2.67. The van der Waals surface area contributed by atoms with Crippen LogP contribution in [0.1, 0.15) is 34.1 Å². The Labute approximate surface area is 175 Å². The van der Waals surface area contributed by atoms with Crippen molar-refractivity contribution < 1.29 is 14.4 Å². The molecule has 0 saturated carbocycles. The van der Waals surface area contributed by atoms with Crippen molar-refractivity contribution >= 4 is 24.4 Å². The molecular weight excluding hydrogens is 378 g/mol. The Hall–Kier alpha value is -2.21. The minimum absolute atomic E-state index is 0.134. The largest absolute Gasteiger partial charge is 0.405 e. The SMILES string of the molecule is C=C(C)C1=NO[C@H]([C@H](O)CO[Si](c2ccccc2)(c2ccccc2)C(C)(C)C)C1. The molecule has 29 heavy (non-hydrogen) atoms. The third-order valence-electron chi connectivity index (χ3n) is 5.50. The van der Waals surface area contributed by atoms with Gasteiger partial charge in [-0.25, -0.2) is 0 Å². The van der Waals surface area contributed by atoms with Crippen LogP contribution in [0.2, 0.25) is 5.04 Å². The Morgan fingerprint density at radius 1 is 1.14 bits per heavy atom. The summed E-state index contributed by atoms with van der Waals surface area (Å²) in [5.74, 6) is 0. The fraction of sp³-hybridized carbons (Fsp3) is 0.375. The molecule has 0 spiro atoms. The average Bonchev–Trinajstić information content (AvgIpc) is 3.20. The fourth-order valence-corrected chi connectivity index (χ4v) is 8.51. The third kappa shape index (κ3) is 4.37. The molecular formula is C24H31NO3Si. The van der Waals surface area contributed by atoms with Crippen LogP contribution >= 0.6 is 0 Å². The summed E-state index contributed by atoms with van der Waals surface area (Å²) in [5, 5.41) is 17.2. The number of aliphatic hydroxyl groups is 1. The minimum atomic E-state index is -2.67. The Balaban J connectivity index is 1.91. The number of benzene rings is 2. The van der Waals surface area contributed by atoms with E-state index in [1.165, 1.54) is 10.4 Å². The highest BCUT2D eigenvalue weighted by atomic mass is 28.4. The molecule has 0 bridgehead atoms. The third-order valence-corrected chi connectivity index (χ3v) is 10.5. The Morgan fingerprint density at radius 2 is 1.66 bits per heavy atom. The van der Waals surface area contributed by atoms with Gasteiger partial charge in [0.05, 0.1) is 12.3 Å². The summed E-state index contributed by atoms with van der Waals surface area (Å²) < 4.78 is 6.77. The van der Waals surface area contributed by atoms with Crippen LogP contribution in [0.15, 0.2) is 78.0 Å². The molecule has 2 atom stereocenters. The molecule has 0 aromatic heterocycles. The lowest BCUT2D eigenvalue weighted by Gasteiger charge is -2.43. The van der Waals surface area contributed by atoms with E-state index in [9.17, 15) is 5.11 Å². The van der Waals surface area contributed by atoms with Gasteiger partial charge in [0.15, 0.2) is 6.10 Å². The standard InChI is InChI=1S/C24H31NO3Si/c1-18(2)21-16-23(28-25-21)22(26)17-27-29(24(3,4)5,19-12-8-6-9-13-19)20-14-10-7-11-15-20/h6-15,22-23,26H,1,16-17H2,2-5H3/t22-,23+/m1/s1. The first kappa shape index (κ1) is 21.5. The lowest BCUT2D eigenvalue weighted by atomic mass is 10.0. The molecule has 0 fully saturated rings. The van der Waals surface area contributed by atoms with Gasteiger partial charge in [-0.15, -0.1) is 0 Å². The number of hydrogen-bond acceptors (Lipinski definition) is 4. The summed E-state index contributed by atoms with van der Waals surface area (Å²) in [6, 6.07) is 20.8. The molecule has 0 saturated heterocycles. The van der Waals surface area contributed by atoms with E-state index in [4.69, 9.17) is 9.26 Å². The van der Waals surface area contributed by atoms with E-state index in [0.29, 0.717) is 6.42 Å². The normalized spacial score (nSPS) is 18.1. The zero-order valence-corrected chi connectivity index (χ0v) is 18.8.